The van der Waals surface area contributed by atoms with Gasteiger partial charge in [-0.05, 0) is 67.6 Å². The molecule has 0 saturated heterocycles. The molecule has 0 aromatic heterocycles. The second kappa shape index (κ2) is 7.17. The van der Waals surface area contributed by atoms with Crippen molar-refractivity contribution in [3.63, 3.8) is 0 Å². The summed E-state index contributed by atoms with van der Waals surface area (Å²) in [7, 11) is 0. The maximum Gasteiger partial charge on any atom is 0.314 e. The molecule has 30 heavy (non-hydrogen) atoms. The van der Waals surface area contributed by atoms with E-state index in [4.69, 9.17) is 9.47 Å². The number of hydrogen-bond acceptors (Lipinski definition) is 3. The molecule has 0 unspecified atom stereocenters. The lowest BCUT2D eigenvalue weighted by atomic mass is 9.96. The fraction of sp³-hybridized carbons (Fsp3) is 0.240. The van der Waals surface area contributed by atoms with Crippen LogP contribution in [-0.4, -0.2) is 11.1 Å². The second-order valence-corrected chi connectivity index (χ2v) is 7.91. The standard InChI is InChI=1S/C25H21FO4/c26-20-10-12-21(29-17-6-2-1-3-7-17)19-9-11-22(23(19)20)30-18-8-4-5-16(15-18)25(13-14-25)24(27)28/h1-8,10,12,15,22H,9,11,13-14H2,(H,27,28)/t22-/m1/s1. The summed E-state index contributed by atoms with van der Waals surface area (Å²) in [5, 5.41) is 9.55. The number of carbonyl (C=O) groups is 1. The van der Waals surface area contributed by atoms with Crippen molar-refractivity contribution in [2.24, 2.45) is 0 Å². The maximum atomic E-state index is 14.7. The Morgan fingerprint density at radius 3 is 2.50 bits per heavy atom. The zero-order valence-corrected chi connectivity index (χ0v) is 16.3. The smallest absolute Gasteiger partial charge is 0.314 e. The minimum absolute atomic E-state index is 0.312. The highest BCUT2D eigenvalue weighted by Crippen LogP contribution is 2.49. The van der Waals surface area contributed by atoms with Gasteiger partial charge in [-0.1, -0.05) is 30.3 Å². The highest BCUT2D eigenvalue weighted by Gasteiger charge is 2.51. The maximum absolute atomic E-state index is 14.7. The predicted octanol–water partition coefficient (Wildman–Crippen LogP) is 5.80. The van der Waals surface area contributed by atoms with Crippen molar-refractivity contribution in [3.05, 3.63) is 89.2 Å². The van der Waals surface area contributed by atoms with Crippen molar-refractivity contribution in [3.8, 4) is 17.2 Å². The van der Waals surface area contributed by atoms with Crippen molar-refractivity contribution in [2.75, 3.05) is 0 Å². The predicted molar refractivity (Wildman–Crippen MR) is 110 cm³/mol. The van der Waals surface area contributed by atoms with E-state index in [9.17, 15) is 14.3 Å². The molecule has 0 aliphatic heterocycles. The molecule has 1 saturated carbocycles. The number of hydrogen-bond donors (Lipinski definition) is 1. The molecule has 0 bridgehead atoms. The summed E-state index contributed by atoms with van der Waals surface area (Å²) >= 11 is 0. The van der Waals surface area contributed by atoms with Crippen LogP contribution >= 0.6 is 0 Å². The van der Waals surface area contributed by atoms with E-state index in [0.717, 1.165) is 11.1 Å². The van der Waals surface area contributed by atoms with Crippen LogP contribution in [0.4, 0.5) is 4.39 Å². The van der Waals surface area contributed by atoms with Gasteiger partial charge in [0.1, 0.15) is 29.2 Å². The Balaban J connectivity index is 1.42. The minimum Gasteiger partial charge on any atom is -0.486 e. The molecule has 0 radical (unpaired) electrons. The average Bonchev–Trinajstić information content (AvgIpc) is 3.47. The van der Waals surface area contributed by atoms with Crippen LogP contribution in [0, 0.1) is 5.82 Å². The molecule has 2 aliphatic rings. The summed E-state index contributed by atoms with van der Waals surface area (Å²) in [5.74, 6) is 0.784. The molecule has 2 aliphatic carbocycles. The lowest BCUT2D eigenvalue weighted by Gasteiger charge is -2.18. The fourth-order valence-corrected chi connectivity index (χ4v) is 4.25. The summed E-state index contributed by atoms with van der Waals surface area (Å²) in [4.78, 5) is 11.6. The topological polar surface area (TPSA) is 55.8 Å². The molecule has 1 N–H and O–H groups in total. The zero-order chi connectivity index (χ0) is 20.7. The molecule has 152 valence electrons. The van der Waals surface area contributed by atoms with E-state index in [2.05, 4.69) is 0 Å². The van der Waals surface area contributed by atoms with Gasteiger partial charge in [-0.15, -0.1) is 0 Å². The molecule has 3 aromatic carbocycles. The van der Waals surface area contributed by atoms with Crippen molar-refractivity contribution in [1.82, 2.24) is 0 Å². The number of ether oxygens (including phenoxy) is 2. The second-order valence-electron chi connectivity index (χ2n) is 7.91. The van der Waals surface area contributed by atoms with E-state index in [1.54, 1.807) is 24.3 Å². The number of carboxylic acids is 1. The third-order valence-electron chi connectivity index (χ3n) is 6.03. The van der Waals surface area contributed by atoms with Gasteiger partial charge in [0.15, 0.2) is 0 Å². The summed E-state index contributed by atoms with van der Waals surface area (Å²) < 4.78 is 26.9. The first-order valence-electron chi connectivity index (χ1n) is 10.1. The van der Waals surface area contributed by atoms with Crippen LogP contribution < -0.4 is 9.47 Å². The molecule has 1 fully saturated rings. The molecule has 1 atom stereocenters. The Hall–Kier alpha value is -3.34. The summed E-state index contributed by atoms with van der Waals surface area (Å²) in [6, 6.07) is 19.7. The van der Waals surface area contributed by atoms with Crippen molar-refractivity contribution in [1.29, 1.82) is 0 Å². The lowest BCUT2D eigenvalue weighted by Crippen LogP contribution is -2.19. The van der Waals surface area contributed by atoms with Crippen LogP contribution in [0.15, 0.2) is 66.7 Å². The number of aliphatic carboxylic acids is 1. The number of rotatable bonds is 6. The number of fused-ring (bicyclic) bond motifs is 1. The molecule has 5 rings (SSSR count). The molecule has 3 aromatic rings. The van der Waals surface area contributed by atoms with Gasteiger partial charge in [-0.3, -0.25) is 4.79 Å². The van der Waals surface area contributed by atoms with Crippen LogP contribution in [0.3, 0.4) is 0 Å². The molecule has 0 amide bonds. The molecule has 0 spiro atoms. The van der Waals surface area contributed by atoms with E-state index in [0.29, 0.717) is 48.5 Å². The van der Waals surface area contributed by atoms with Gasteiger partial charge >= 0.3 is 5.97 Å². The fourth-order valence-electron chi connectivity index (χ4n) is 4.25. The largest absolute Gasteiger partial charge is 0.486 e. The van der Waals surface area contributed by atoms with Crippen LogP contribution in [-0.2, 0) is 16.6 Å². The number of para-hydroxylation sites is 1. The monoisotopic (exact) mass is 404 g/mol. The minimum atomic E-state index is -0.806. The quantitative estimate of drug-likeness (QED) is 0.564. The molecular weight excluding hydrogens is 383 g/mol. The van der Waals surface area contributed by atoms with Crippen LogP contribution in [0.2, 0.25) is 0 Å². The van der Waals surface area contributed by atoms with Gasteiger partial charge in [0, 0.05) is 11.1 Å². The molecule has 5 heteroatoms. The van der Waals surface area contributed by atoms with Gasteiger partial charge in [0.2, 0.25) is 0 Å². The molecule has 0 heterocycles. The van der Waals surface area contributed by atoms with E-state index in [1.165, 1.54) is 6.07 Å². The Bertz CT molecular complexity index is 1110. The van der Waals surface area contributed by atoms with E-state index < -0.39 is 17.5 Å². The van der Waals surface area contributed by atoms with Gasteiger partial charge in [0.05, 0.1) is 5.41 Å². The first-order chi connectivity index (χ1) is 14.6. The van der Waals surface area contributed by atoms with Gasteiger partial charge in [0.25, 0.3) is 0 Å². The Morgan fingerprint density at radius 1 is 1.00 bits per heavy atom. The zero-order valence-electron chi connectivity index (χ0n) is 16.3. The Kier molecular flexibility index (Phi) is 4.46. The first kappa shape index (κ1) is 18.7. The van der Waals surface area contributed by atoms with E-state index in [-0.39, 0.29) is 5.82 Å². The van der Waals surface area contributed by atoms with Crippen LogP contribution in [0.25, 0.3) is 0 Å². The normalized spacial score (nSPS) is 18.5. The van der Waals surface area contributed by atoms with Gasteiger partial charge in [-0.2, -0.15) is 0 Å². The highest BCUT2D eigenvalue weighted by atomic mass is 19.1. The van der Waals surface area contributed by atoms with E-state index >= 15 is 0 Å². The number of halogens is 1. The Morgan fingerprint density at radius 2 is 1.77 bits per heavy atom. The lowest BCUT2D eigenvalue weighted by molar-refractivity contribution is -0.140. The van der Waals surface area contributed by atoms with Crippen LogP contribution in [0.5, 0.6) is 17.2 Å². The molecular formula is C25H21FO4. The van der Waals surface area contributed by atoms with Crippen molar-refractivity contribution >= 4 is 5.97 Å². The summed E-state index contributed by atoms with van der Waals surface area (Å²) in [6.45, 7) is 0. The van der Waals surface area contributed by atoms with Gasteiger partial charge < -0.3 is 14.6 Å². The summed E-state index contributed by atoms with van der Waals surface area (Å²) in [5.41, 5.74) is 1.29. The number of benzene rings is 3. The van der Waals surface area contributed by atoms with Gasteiger partial charge in [-0.25, -0.2) is 4.39 Å². The highest BCUT2D eigenvalue weighted by molar-refractivity contribution is 5.85. The SMILES string of the molecule is O=C(O)C1(c2cccc(O[C@@H]3CCc4c(Oc5ccccc5)ccc(F)c43)c2)CC1. The van der Waals surface area contributed by atoms with Crippen LogP contribution in [0.1, 0.15) is 42.1 Å². The third kappa shape index (κ3) is 3.20. The average molecular weight is 404 g/mol. The van der Waals surface area contributed by atoms with Crippen molar-refractivity contribution in [2.45, 2.75) is 37.2 Å². The number of carboxylic acid groups (broad SMARTS) is 1. The van der Waals surface area contributed by atoms with Crippen molar-refractivity contribution < 1.29 is 23.8 Å². The first-order valence-corrected chi connectivity index (χ1v) is 10.1. The third-order valence-corrected chi connectivity index (χ3v) is 6.03. The summed E-state index contributed by atoms with van der Waals surface area (Å²) in [6.07, 6.45) is 2.11. The molecule has 4 nitrogen and oxygen atoms in total. The van der Waals surface area contributed by atoms with E-state index in [1.807, 2.05) is 36.4 Å². The Labute approximate surface area is 173 Å².